The highest BCUT2D eigenvalue weighted by molar-refractivity contribution is 5.55. The van der Waals surface area contributed by atoms with E-state index in [1.807, 2.05) is 42.7 Å². The maximum Gasteiger partial charge on any atom is 0.120 e. The Morgan fingerprint density at radius 1 is 1.12 bits per heavy atom. The summed E-state index contributed by atoms with van der Waals surface area (Å²) < 4.78 is 5.90. The molecule has 3 rings (SSSR count). The summed E-state index contributed by atoms with van der Waals surface area (Å²) >= 11 is 0. The molecular formula is C14H14N2O. The van der Waals surface area contributed by atoms with E-state index in [4.69, 9.17) is 4.74 Å². The monoisotopic (exact) mass is 226 g/mol. The number of rotatable bonds is 3. The first-order valence-electron chi connectivity index (χ1n) is 5.69. The van der Waals surface area contributed by atoms with Gasteiger partial charge in [-0.05, 0) is 17.7 Å². The van der Waals surface area contributed by atoms with E-state index in [2.05, 4.69) is 22.4 Å². The van der Waals surface area contributed by atoms with Crippen molar-refractivity contribution in [2.24, 2.45) is 0 Å². The molecule has 1 atom stereocenters. The highest BCUT2D eigenvalue weighted by Gasteiger charge is 2.17. The van der Waals surface area contributed by atoms with E-state index < -0.39 is 0 Å². The minimum absolute atomic E-state index is 0.00135. The van der Waals surface area contributed by atoms with Gasteiger partial charge in [0.25, 0.3) is 0 Å². The SMILES string of the molecule is C1=CC(OCc2ccccc2)c2[nH]ccc2N1. The number of aromatic nitrogens is 1. The number of hydrogen-bond acceptors (Lipinski definition) is 2. The van der Waals surface area contributed by atoms with Gasteiger partial charge >= 0.3 is 0 Å². The van der Waals surface area contributed by atoms with Crippen LogP contribution in [0.15, 0.2) is 54.9 Å². The second-order valence-electron chi connectivity index (χ2n) is 4.03. The molecule has 0 radical (unpaired) electrons. The molecule has 1 aromatic heterocycles. The van der Waals surface area contributed by atoms with Gasteiger partial charge in [-0.15, -0.1) is 0 Å². The van der Waals surface area contributed by atoms with E-state index in [1.54, 1.807) is 0 Å². The molecule has 0 aliphatic carbocycles. The fourth-order valence-electron chi connectivity index (χ4n) is 1.96. The molecule has 0 spiro atoms. The first-order valence-corrected chi connectivity index (χ1v) is 5.69. The van der Waals surface area contributed by atoms with Crippen molar-refractivity contribution < 1.29 is 4.74 Å². The molecule has 2 heterocycles. The number of nitrogens with one attached hydrogen (secondary N) is 2. The van der Waals surface area contributed by atoms with Crippen LogP contribution in [0, 0.1) is 0 Å². The Hall–Kier alpha value is -2.00. The van der Waals surface area contributed by atoms with Crippen LogP contribution >= 0.6 is 0 Å². The molecule has 86 valence electrons. The van der Waals surface area contributed by atoms with Crippen LogP contribution in [-0.2, 0) is 11.3 Å². The summed E-state index contributed by atoms with van der Waals surface area (Å²) in [4.78, 5) is 3.21. The van der Waals surface area contributed by atoms with Crippen LogP contribution < -0.4 is 5.32 Å². The van der Waals surface area contributed by atoms with Crippen molar-refractivity contribution in [1.29, 1.82) is 0 Å². The first-order chi connectivity index (χ1) is 8.43. The normalized spacial score (nSPS) is 17.5. The second-order valence-corrected chi connectivity index (χ2v) is 4.03. The Bertz CT molecular complexity index is 516. The zero-order chi connectivity index (χ0) is 11.5. The molecule has 1 aromatic carbocycles. The predicted molar refractivity (Wildman–Crippen MR) is 67.5 cm³/mol. The quantitative estimate of drug-likeness (QED) is 0.843. The number of ether oxygens (including phenoxy) is 1. The largest absolute Gasteiger partial charge is 0.363 e. The zero-order valence-corrected chi connectivity index (χ0v) is 9.39. The summed E-state index contributed by atoms with van der Waals surface area (Å²) in [6.45, 7) is 0.619. The molecule has 1 unspecified atom stereocenters. The molecule has 0 amide bonds. The molecule has 0 fully saturated rings. The molecule has 0 bridgehead atoms. The van der Waals surface area contributed by atoms with Crippen LogP contribution in [-0.4, -0.2) is 4.98 Å². The van der Waals surface area contributed by atoms with Gasteiger partial charge in [-0.1, -0.05) is 30.3 Å². The van der Waals surface area contributed by atoms with E-state index in [-0.39, 0.29) is 6.10 Å². The molecule has 3 nitrogen and oxygen atoms in total. The van der Waals surface area contributed by atoms with Crippen molar-refractivity contribution in [2.75, 3.05) is 5.32 Å². The van der Waals surface area contributed by atoms with E-state index >= 15 is 0 Å². The van der Waals surface area contributed by atoms with Crippen LogP contribution in [0.2, 0.25) is 0 Å². The van der Waals surface area contributed by atoms with Crippen LogP contribution in [0.5, 0.6) is 0 Å². The smallest absolute Gasteiger partial charge is 0.120 e. The highest BCUT2D eigenvalue weighted by Crippen LogP contribution is 2.29. The zero-order valence-electron chi connectivity index (χ0n) is 9.39. The van der Waals surface area contributed by atoms with E-state index in [0.717, 1.165) is 11.4 Å². The number of hydrogen-bond donors (Lipinski definition) is 2. The molecule has 2 N–H and O–H groups in total. The average molecular weight is 226 g/mol. The fraction of sp³-hybridized carbons (Fsp3) is 0.143. The molecule has 1 aliphatic rings. The lowest BCUT2D eigenvalue weighted by molar-refractivity contribution is 0.0691. The molecule has 0 saturated carbocycles. The van der Waals surface area contributed by atoms with Gasteiger partial charge in [-0.2, -0.15) is 0 Å². The highest BCUT2D eigenvalue weighted by atomic mass is 16.5. The molecular weight excluding hydrogens is 212 g/mol. The van der Waals surface area contributed by atoms with Crippen LogP contribution in [0.4, 0.5) is 5.69 Å². The van der Waals surface area contributed by atoms with Gasteiger partial charge in [-0.25, -0.2) is 0 Å². The number of aromatic amines is 1. The van der Waals surface area contributed by atoms with Crippen LogP contribution in [0.25, 0.3) is 0 Å². The molecule has 17 heavy (non-hydrogen) atoms. The van der Waals surface area contributed by atoms with Gasteiger partial charge in [-0.3, -0.25) is 0 Å². The average Bonchev–Trinajstić information content (AvgIpc) is 2.86. The third kappa shape index (κ3) is 2.10. The van der Waals surface area contributed by atoms with Crippen molar-refractivity contribution in [3.63, 3.8) is 0 Å². The van der Waals surface area contributed by atoms with Gasteiger partial charge in [0.05, 0.1) is 18.0 Å². The third-order valence-corrected chi connectivity index (χ3v) is 2.85. The van der Waals surface area contributed by atoms with Gasteiger partial charge in [0.2, 0.25) is 0 Å². The summed E-state index contributed by atoms with van der Waals surface area (Å²) in [5, 5.41) is 3.18. The van der Waals surface area contributed by atoms with Gasteiger partial charge < -0.3 is 15.0 Å². The molecule has 2 aromatic rings. The minimum Gasteiger partial charge on any atom is -0.363 e. The Morgan fingerprint density at radius 3 is 2.88 bits per heavy atom. The van der Waals surface area contributed by atoms with Crippen molar-refractivity contribution in [3.05, 3.63) is 66.1 Å². The van der Waals surface area contributed by atoms with Crippen molar-refractivity contribution in [1.82, 2.24) is 4.98 Å². The predicted octanol–water partition coefficient (Wildman–Crippen LogP) is 3.21. The molecule has 0 saturated heterocycles. The van der Waals surface area contributed by atoms with Crippen molar-refractivity contribution in [2.45, 2.75) is 12.7 Å². The summed E-state index contributed by atoms with van der Waals surface area (Å²) in [7, 11) is 0. The van der Waals surface area contributed by atoms with Crippen LogP contribution in [0.3, 0.4) is 0 Å². The lowest BCUT2D eigenvalue weighted by Crippen LogP contribution is -2.09. The topological polar surface area (TPSA) is 37.0 Å². The lowest BCUT2D eigenvalue weighted by Gasteiger charge is -2.19. The molecule has 1 aliphatic heterocycles. The van der Waals surface area contributed by atoms with E-state index in [1.165, 1.54) is 5.56 Å². The number of fused-ring (bicyclic) bond motifs is 1. The summed E-state index contributed by atoms with van der Waals surface area (Å²) in [5.74, 6) is 0. The van der Waals surface area contributed by atoms with Crippen molar-refractivity contribution >= 4 is 5.69 Å². The Kier molecular flexibility index (Phi) is 2.68. The maximum atomic E-state index is 5.90. The lowest BCUT2D eigenvalue weighted by atomic mass is 10.1. The Morgan fingerprint density at radius 2 is 2.00 bits per heavy atom. The summed E-state index contributed by atoms with van der Waals surface area (Å²) in [6.07, 6.45) is 5.86. The summed E-state index contributed by atoms with van der Waals surface area (Å²) in [5.41, 5.74) is 3.36. The number of H-pyrrole nitrogens is 1. The fourth-order valence-corrected chi connectivity index (χ4v) is 1.96. The number of anilines is 1. The second kappa shape index (κ2) is 4.47. The summed E-state index contributed by atoms with van der Waals surface area (Å²) in [6, 6.07) is 12.2. The standard InChI is InChI=1S/C14H14N2O/c1-2-4-11(5-3-1)10-17-13-7-9-15-12-6-8-16-14(12)13/h1-9,13,15-16H,10H2. The van der Waals surface area contributed by atoms with Crippen molar-refractivity contribution in [3.8, 4) is 0 Å². The number of benzene rings is 1. The van der Waals surface area contributed by atoms with E-state index in [9.17, 15) is 0 Å². The molecule has 3 heteroatoms. The maximum absolute atomic E-state index is 5.90. The van der Waals surface area contributed by atoms with Crippen LogP contribution in [0.1, 0.15) is 17.4 Å². The van der Waals surface area contributed by atoms with Gasteiger partial charge in [0, 0.05) is 12.4 Å². The van der Waals surface area contributed by atoms with Gasteiger partial charge in [0.15, 0.2) is 0 Å². The Labute approximate surface area is 100 Å². The van der Waals surface area contributed by atoms with E-state index in [0.29, 0.717) is 6.61 Å². The third-order valence-electron chi connectivity index (χ3n) is 2.85. The minimum atomic E-state index is 0.00135. The first kappa shape index (κ1) is 10.2. The Balaban J connectivity index is 1.70. The van der Waals surface area contributed by atoms with Gasteiger partial charge in [0.1, 0.15) is 6.10 Å².